The third kappa shape index (κ3) is 17.0. The van der Waals surface area contributed by atoms with Crippen molar-refractivity contribution >= 4 is 23.9 Å². The first-order valence-corrected chi connectivity index (χ1v) is 20.5. The quantitative estimate of drug-likeness (QED) is 0.0716. The van der Waals surface area contributed by atoms with Gasteiger partial charge in [-0.05, 0) is 44.2 Å². The number of halogens is 2. The third-order valence-electron chi connectivity index (χ3n) is 9.54. The number of nitrogens with one attached hydrogen (secondary N) is 3. The molecule has 324 valence electrons. The maximum Gasteiger partial charge on any atom is 0.408 e. The summed E-state index contributed by atoms with van der Waals surface area (Å²) in [7, 11) is 0. The summed E-state index contributed by atoms with van der Waals surface area (Å²) in [5.74, 6) is -6.28. The van der Waals surface area contributed by atoms with Crippen molar-refractivity contribution in [1.82, 2.24) is 16.0 Å². The Morgan fingerprint density at radius 1 is 0.741 bits per heavy atom. The molecule has 0 unspecified atom stereocenters. The highest BCUT2D eigenvalue weighted by Gasteiger charge is 2.52. The number of alkyl carbamates (subject to hydrolysis) is 1. The van der Waals surface area contributed by atoms with Crippen molar-refractivity contribution in [2.45, 2.75) is 148 Å². The number of rotatable bonds is 26. The normalized spacial score (nSPS) is 19.6. The van der Waals surface area contributed by atoms with Gasteiger partial charge in [0.2, 0.25) is 11.8 Å². The lowest BCUT2D eigenvalue weighted by Crippen LogP contribution is -2.59. The van der Waals surface area contributed by atoms with Crippen LogP contribution in [0.4, 0.5) is 13.6 Å². The molecule has 1 saturated heterocycles. The van der Waals surface area contributed by atoms with Gasteiger partial charge in [-0.3, -0.25) is 9.59 Å². The van der Waals surface area contributed by atoms with Gasteiger partial charge < -0.3 is 44.4 Å². The van der Waals surface area contributed by atoms with Gasteiger partial charge >= 0.3 is 12.1 Å². The summed E-state index contributed by atoms with van der Waals surface area (Å²) in [5.41, 5.74) is 1.39. The third-order valence-corrected chi connectivity index (χ3v) is 9.54. The summed E-state index contributed by atoms with van der Waals surface area (Å²) < 4.78 is 68.1. The van der Waals surface area contributed by atoms with Crippen LogP contribution in [0.5, 0.6) is 0 Å². The molecule has 15 heteroatoms. The summed E-state index contributed by atoms with van der Waals surface area (Å²) in [6.45, 7) is 9.71. The van der Waals surface area contributed by atoms with Crippen LogP contribution in [0.15, 0.2) is 60.7 Å². The number of alkyl halides is 2. The minimum Gasteiger partial charge on any atom is -0.459 e. The molecule has 2 aromatic carbocycles. The molecule has 13 nitrogen and oxygen atoms in total. The molecule has 3 amide bonds. The molecule has 1 fully saturated rings. The monoisotopic (exact) mass is 819 g/mol. The number of carbonyl (C=O) groups excluding carboxylic acids is 4. The van der Waals surface area contributed by atoms with E-state index >= 15 is 8.78 Å². The van der Waals surface area contributed by atoms with Gasteiger partial charge in [-0.15, -0.1) is 0 Å². The van der Waals surface area contributed by atoms with E-state index in [0.717, 1.165) is 37.7 Å². The number of hydrogen-bond acceptors (Lipinski definition) is 10. The molecule has 7 atom stereocenters. The van der Waals surface area contributed by atoms with Crippen molar-refractivity contribution < 1.29 is 56.4 Å². The molecule has 0 aliphatic carbocycles. The van der Waals surface area contributed by atoms with E-state index in [-0.39, 0.29) is 26.2 Å². The molecule has 0 aromatic heterocycles. The molecule has 1 aliphatic heterocycles. The van der Waals surface area contributed by atoms with Crippen LogP contribution in [-0.4, -0.2) is 98.8 Å². The van der Waals surface area contributed by atoms with Gasteiger partial charge in [-0.1, -0.05) is 101 Å². The lowest BCUT2D eigenvalue weighted by Gasteiger charge is -2.44. The molecule has 58 heavy (non-hydrogen) atoms. The van der Waals surface area contributed by atoms with Crippen LogP contribution in [-0.2, 0) is 56.0 Å². The van der Waals surface area contributed by atoms with Gasteiger partial charge in [0.15, 0.2) is 0 Å². The van der Waals surface area contributed by atoms with Crippen molar-refractivity contribution in [3.8, 4) is 0 Å². The van der Waals surface area contributed by atoms with Crippen LogP contribution < -0.4 is 16.0 Å². The van der Waals surface area contributed by atoms with Gasteiger partial charge in [0, 0.05) is 32.7 Å². The van der Waals surface area contributed by atoms with Crippen LogP contribution in [0, 0.1) is 0 Å². The van der Waals surface area contributed by atoms with Crippen LogP contribution in [0.1, 0.15) is 97.1 Å². The molecule has 1 heterocycles. The Morgan fingerprint density at radius 3 is 1.90 bits per heavy atom. The maximum absolute atomic E-state index is 16.6. The first-order chi connectivity index (χ1) is 27.9. The Bertz CT molecular complexity index is 1510. The van der Waals surface area contributed by atoms with Crippen molar-refractivity contribution in [2.75, 3.05) is 26.4 Å². The second-order valence-electron chi connectivity index (χ2n) is 14.6. The summed E-state index contributed by atoms with van der Waals surface area (Å²) in [6, 6.07) is 13.4. The molecule has 0 bridgehead atoms. The van der Waals surface area contributed by atoms with E-state index in [4.69, 9.17) is 28.4 Å². The van der Waals surface area contributed by atoms with Crippen LogP contribution >= 0.6 is 0 Å². The van der Waals surface area contributed by atoms with E-state index in [0.29, 0.717) is 31.8 Å². The smallest absolute Gasteiger partial charge is 0.408 e. The summed E-state index contributed by atoms with van der Waals surface area (Å²) in [4.78, 5) is 52.4. The standard InChI is InChI=1S/C43H63F2N3O10/c1-6-9-22-53-29-36-38(55-24-11-8-3)35(54-23-10-7-2)25-37(58-36)43(44,45)26-34(48-42(52)57-28-33-20-16-13-17-21-33)40(50)46-30(4)39(49)47-31(5)41(51)56-27-32-18-14-12-15-19-32/h12-21,30-31,34-38H,6-11,22-29H2,1-5H3,(H,46,50)(H,47,49)(H,48,52)/t30-,31-,34-,35+,36+,37+,38+/m0/s1. The van der Waals surface area contributed by atoms with Crippen LogP contribution in [0.3, 0.4) is 0 Å². The zero-order valence-electron chi connectivity index (χ0n) is 34.6. The lowest BCUT2D eigenvalue weighted by molar-refractivity contribution is -0.260. The highest BCUT2D eigenvalue weighted by atomic mass is 19.3. The number of amides is 3. The first kappa shape index (κ1) is 48.2. The highest BCUT2D eigenvalue weighted by molar-refractivity contribution is 5.92. The van der Waals surface area contributed by atoms with Crippen molar-refractivity contribution in [1.29, 1.82) is 0 Å². The minimum absolute atomic E-state index is 0.00413. The van der Waals surface area contributed by atoms with E-state index in [1.165, 1.54) is 13.8 Å². The number of unbranched alkanes of at least 4 members (excludes halogenated alkanes) is 3. The topological polar surface area (TPSA) is 160 Å². The molecular formula is C43H63F2N3O10. The highest BCUT2D eigenvalue weighted by Crippen LogP contribution is 2.37. The Balaban J connectivity index is 1.78. The van der Waals surface area contributed by atoms with Crippen molar-refractivity contribution in [2.24, 2.45) is 0 Å². The van der Waals surface area contributed by atoms with Gasteiger partial charge in [-0.25, -0.2) is 18.4 Å². The van der Waals surface area contributed by atoms with Gasteiger partial charge in [-0.2, -0.15) is 0 Å². The first-order valence-electron chi connectivity index (χ1n) is 20.5. The van der Waals surface area contributed by atoms with E-state index in [9.17, 15) is 19.2 Å². The Labute approximate surface area is 341 Å². The molecule has 2 aromatic rings. The molecule has 0 spiro atoms. The average Bonchev–Trinajstić information content (AvgIpc) is 3.21. The lowest BCUT2D eigenvalue weighted by atomic mass is 9.91. The molecular weight excluding hydrogens is 756 g/mol. The van der Waals surface area contributed by atoms with E-state index in [1.807, 2.05) is 26.8 Å². The van der Waals surface area contributed by atoms with Crippen LogP contribution in [0.2, 0.25) is 0 Å². The summed E-state index contributed by atoms with van der Waals surface area (Å²) >= 11 is 0. The predicted octanol–water partition coefficient (Wildman–Crippen LogP) is 6.40. The zero-order valence-corrected chi connectivity index (χ0v) is 34.6. The Morgan fingerprint density at radius 2 is 1.29 bits per heavy atom. The number of ether oxygens (including phenoxy) is 6. The zero-order chi connectivity index (χ0) is 42.3. The van der Waals surface area contributed by atoms with Crippen molar-refractivity contribution in [3.63, 3.8) is 0 Å². The molecule has 0 radical (unpaired) electrons. The average molecular weight is 820 g/mol. The SMILES string of the molecule is CCCCOC[C@H]1O[C@@H](C(F)(F)C[C@H](NC(=O)OCc2ccccc2)C(=O)N[C@@H](C)C(=O)N[C@@H](C)C(=O)OCc2ccccc2)C[C@@H](OCCCC)[C@H]1OCCCC. The molecule has 0 saturated carbocycles. The number of hydrogen-bond donors (Lipinski definition) is 3. The fourth-order valence-corrected chi connectivity index (χ4v) is 6.05. The largest absolute Gasteiger partial charge is 0.459 e. The second-order valence-corrected chi connectivity index (χ2v) is 14.6. The second kappa shape index (κ2) is 26.0. The van der Waals surface area contributed by atoms with Crippen molar-refractivity contribution in [3.05, 3.63) is 71.8 Å². The molecule has 3 N–H and O–H groups in total. The Hall–Kier alpha value is -4.18. The summed E-state index contributed by atoms with van der Waals surface area (Å²) in [5, 5.41) is 7.15. The fraction of sp³-hybridized carbons (Fsp3) is 0.628. The molecule has 1 aliphatic rings. The summed E-state index contributed by atoms with van der Waals surface area (Å²) in [6.07, 6.45) is -1.78. The maximum atomic E-state index is 16.6. The minimum atomic E-state index is -3.71. The number of esters is 1. The number of benzene rings is 2. The van der Waals surface area contributed by atoms with E-state index < -0.39 is 78.8 Å². The predicted molar refractivity (Wildman–Crippen MR) is 213 cm³/mol. The fourth-order valence-electron chi connectivity index (χ4n) is 6.05. The Kier molecular flexibility index (Phi) is 21.6. The van der Waals surface area contributed by atoms with Gasteiger partial charge in [0.05, 0.1) is 12.7 Å². The van der Waals surface area contributed by atoms with Crippen LogP contribution in [0.25, 0.3) is 0 Å². The van der Waals surface area contributed by atoms with E-state index in [2.05, 4.69) is 16.0 Å². The van der Waals surface area contributed by atoms with Gasteiger partial charge in [0.25, 0.3) is 5.92 Å². The number of carbonyl (C=O) groups is 4. The molecule has 3 rings (SSSR count). The van der Waals surface area contributed by atoms with E-state index in [1.54, 1.807) is 54.6 Å². The van der Waals surface area contributed by atoms with Gasteiger partial charge in [0.1, 0.15) is 49.7 Å².